The zero-order valence-corrected chi connectivity index (χ0v) is 41.5. The van der Waals surface area contributed by atoms with Crippen molar-refractivity contribution in [1.29, 1.82) is 0 Å². The molecule has 0 N–H and O–H groups in total. The number of thiophene rings is 2. The maximum Gasteiger partial charge on any atom is 0.124 e. The van der Waals surface area contributed by atoms with Crippen LogP contribution in [0.15, 0.2) is 237 Å². The van der Waals surface area contributed by atoms with E-state index in [1.54, 1.807) is 11.3 Å². The molecule has 3 nitrogen and oxygen atoms in total. The molecule has 0 saturated heterocycles. The highest BCUT2D eigenvalue weighted by Crippen LogP contribution is 2.46. The number of aromatic nitrogens is 3. The minimum absolute atomic E-state index is 1.01. The van der Waals surface area contributed by atoms with Crippen molar-refractivity contribution in [3.05, 3.63) is 237 Å². The SMILES string of the molecule is c1ccc(-c2nc3ccc4c5cc(-c6cccc7c8ccccc8n(-c8cccc(-c9ccc%10sc%11ccccc%11c%10c9)c8)c67)ccc5n(-c5cccc(-c6ccc7sc8ccccc8c7c6)c5)c4c3s2)cc1. The summed E-state index contributed by atoms with van der Waals surface area (Å²) in [5, 5.41) is 11.2. The van der Waals surface area contributed by atoms with Gasteiger partial charge in [0.25, 0.3) is 0 Å². The number of fused-ring (bicyclic) bond motifs is 14. The van der Waals surface area contributed by atoms with Crippen LogP contribution in [0.4, 0.5) is 0 Å². The van der Waals surface area contributed by atoms with Gasteiger partial charge in [-0.3, -0.25) is 0 Å². The second-order valence-corrected chi connectivity index (χ2v) is 22.2. The molecule has 11 aromatic carbocycles. The maximum atomic E-state index is 5.26. The third-order valence-electron chi connectivity index (χ3n) is 14.9. The van der Waals surface area contributed by atoms with Gasteiger partial charge >= 0.3 is 0 Å². The van der Waals surface area contributed by atoms with Gasteiger partial charge in [0.1, 0.15) is 5.01 Å². The second kappa shape index (κ2) is 15.9. The molecule has 0 atom stereocenters. The Labute approximate surface area is 431 Å². The molecule has 5 heterocycles. The van der Waals surface area contributed by atoms with Crippen LogP contribution in [-0.2, 0) is 0 Å². The summed E-state index contributed by atoms with van der Waals surface area (Å²) >= 11 is 5.50. The number of para-hydroxylation sites is 2. The van der Waals surface area contributed by atoms with Crippen molar-refractivity contribution in [2.75, 3.05) is 0 Å². The molecular formula is C67H39N3S3. The normalized spacial score (nSPS) is 12.1. The molecule has 16 aromatic rings. The fourth-order valence-corrected chi connectivity index (χ4v) is 14.9. The van der Waals surface area contributed by atoms with E-state index in [9.17, 15) is 0 Å². The lowest BCUT2D eigenvalue weighted by atomic mass is 9.99. The molecule has 340 valence electrons. The lowest BCUT2D eigenvalue weighted by Crippen LogP contribution is -1.96. The first kappa shape index (κ1) is 41.0. The van der Waals surface area contributed by atoms with Crippen molar-refractivity contribution in [1.82, 2.24) is 14.1 Å². The lowest BCUT2D eigenvalue weighted by molar-refractivity contribution is 1.18. The molecule has 5 aromatic heterocycles. The van der Waals surface area contributed by atoms with Crippen molar-refractivity contribution in [2.45, 2.75) is 0 Å². The van der Waals surface area contributed by atoms with Crippen LogP contribution in [0.3, 0.4) is 0 Å². The van der Waals surface area contributed by atoms with Crippen molar-refractivity contribution in [3.8, 4) is 55.3 Å². The molecule has 0 aliphatic heterocycles. The van der Waals surface area contributed by atoms with Crippen LogP contribution in [-0.4, -0.2) is 14.1 Å². The Hall–Kier alpha value is -8.65. The number of benzene rings is 11. The zero-order valence-electron chi connectivity index (χ0n) is 39.1. The minimum atomic E-state index is 1.01. The Morgan fingerprint density at radius 1 is 0.288 bits per heavy atom. The molecule has 0 amide bonds. The van der Waals surface area contributed by atoms with Gasteiger partial charge < -0.3 is 9.13 Å². The number of thiazole rings is 1. The zero-order chi connectivity index (χ0) is 47.7. The Morgan fingerprint density at radius 2 is 0.795 bits per heavy atom. The van der Waals surface area contributed by atoms with E-state index in [1.807, 2.05) is 22.7 Å². The highest BCUT2D eigenvalue weighted by Gasteiger charge is 2.22. The standard InChI is InChI=1S/C67H39N3S3/c1-2-13-40(14-3-1)67-68-57-31-30-53-54-39-45(27-32-59(54)70(65(53)66(57)73-67)47-18-11-16-42(36-47)44-29-34-63-56(38-44)51-21-6-9-26-61(51)72-63)48-22-12-23-52-49-19-4-7-24-58(49)69(64(48)52)46-17-10-15-41(35-46)43-28-33-62-55(37-43)50-20-5-8-25-60(50)71-62/h1-39H. The van der Waals surface area contributed by atoms with Crippen LogP contribution in [0.25, 0.3) is 149 Å². The van der Waals surface area contributed by atoms with Gasteiger partial charge in [0.15, 0.2) is 0 Å². The van der Waals surface area contributed by atoms with E-state index in [-0.39, 0.29) is 0 Å². The van der Waals surface area contributed by atoms with Crippen LogP contribution in [0, 0.1) is 0 Å². The average Bonchev–Trinajstić information content (AvgIpc) is 4.29. The first-order valence-electron chi connectivity index (χ1n) is 24.7. The number of hydrogen-bond donors (Lipinski definition) is 0. The smallest absolute Gasteiger partial charge is 0.124 e. The molecule has 0 unspecified atom stereocenters. The van der Waals surface area contributed by atoms with Crippen LogP contribution >= 0.6 is 34.0 Å². The summed E-state index contributed by atoms with van der Waals surface area (Å²) in [7, 11) is 0. The van der Waals surface area contributed by atoms with Crippen LogP contribution < -0.4 is 0 Å². The predicted octanol–water partition coefficient (Wildman–Crippen LogP) is 19.9. The van der Waals surface area contributed by atoms with E-state index in [4.69, 9.17) is 4.98 Å². The summed E-state index contributed by atoms with van der Waals surface area (Å²) in [6.07, 6.45) is 0. The van der Waals surface area contributed by atoms with Gasteiger partial charge in [0.2, 0.25) is 0 Å². The van der Waals surface area contributed by atoms with Crippen LogP contribution in [0.5, 0.6) is 0 Å². The van der Waals surface area contributed by atoms with E-state index in [0.717, 1.165) is 33.0 Å². The topological polar surface area (TPSA) is 22.8 Å². The Morgan fingerprint density at radius 3 is 1.49 bits per heavy atom. The Kier molecular flexibility index (Phi) is 8.95. The number of hydrogen-bond acceptors (Lipinski definition) is 4. The van der Waals surface area contributed by atoms with Gasteiger partial charge in [-0.05, 0) is 119 Å². The van der Waals surface area contributed by atoms with Gasteiger partial charge in [0.05, 0.1) is 32.3 Å². The number of rotatable bonds is 6. The predicted molar refractivity (Wildman–Crippen MR) is 316 cm³/mol. The summed E-state index contributed by atoms with van der Waals surface area (Å²) in [6.45, 7) is 0. The average molecular weight is 982 g/mol. The first-order valence-corrected chi connectivity index (χ1v) is 27.1. The van der Waals surface area contributed by atoms with Crippen LogP contribution in [0.1, 0.15) is 0 Å². The molecule has 0 saturated carbocycles. The third-order valence-corrected chi connectivity index (χ3v) is 18.4. The van der Waals surface area contributed by atoms with E-state index < -0.39 is 0 Å². The van der Waals surface area contributed by atoms with Crippen LogP contribution in [0.2, 0.25) is 0 Å². The van der Waals surface area contributed by atoms with Gasteiger partial charge in [0, 0.05) is 84.4 Å². The number of nitrogens with zero attached hydrogens (tertiary/aromatic N) is 3. The highest BCUT2D eigenvalue weighted by atomic mass is 32.1. The Balaban J connectivity index is 0.900. The molecule has 0 fully saturated rings. The van der Waals surface area contributed by atoms with E-state index in [2.05, 4.69) is 246 Å². The molecular weight excluding hydrogens is 943 g/mol. The molecule has 0 aliphatic rings. The van der Waals surface area contributed by atoms with Crippen molar-refractivity contribution in [3.63, 3.8) is 0 Å². The molecule has 0 bridgehead atoms. The van der Waals surface area contributed by atoms with E-state index >= 15 is 0 Å². The van der Waals surface area contributed by atoms with Gasteiger partial charge in [-0.25, -0.2) is 4.98 Å². The fourth-order valence-electron chi connectivity index (χ4n) is 11.6. The Bertz CT molecular complexity index is 4930. The maximum absolute atomic E-state index is 5.26. The van der Waals surface area contributed by atoms with E-state index in [0.29, 0.717) is 0 Å². The van der Waals surface area contributed by atoms with Crippen molar-refractivity contribution in [2.24, 2.45) is 0 Å². The summed E-state index contributed by atoms with van der Waals surface area (Å²) < 4.78 is 11.4. The fraction of sp³-hybridized carbons (Fsp3) is 0. The molecule has 0 radical (unpaired) electrons. The van der Waals surface area contributed by atoms with Gasteiger partial charge in [-0.15, -0.1) is 34.0 Å². The summed E-state index contributed by atoms with van der Waals surface area (Å²) in [6, 6.07) is 87.5. The minimum Gasteiger partial charge on any atom is -0.309 e. The quantitative estimate of drug-likeness (QED) is 0.163. The molecule has 6 heteroatoms. The lowest BCUT2D eigenvalue weighted by Gasteiger charge is -2.14. The highest BCUT2D eigenvalue weighted by molar-refractivity contribution is 7.26. The molecule has 73 heavy (non-hydrogen) atoms. The first-order chi connectivity index (χ1) is 36.2. The monoisotopic (exact) mass is 981 g/mol. The second-order valence-electron chi connectivity index (χ2n) is 19.0. The molecule has 0 spiro atoms. The summed E-state index contributed by atoms with van der Waals surface area (Å²) in [5.74, 6) is 0. The summed E-state index contributed by atoms with van der Waals surface area (Å²) in [4.78, 5) is 5.26. The van der Waals surface area contributed by atoms with Crippen molar-refractivity contribution >= 4 is 128 Å². The van der Waals surface area contributed by atoms with Gasteiger partial charge in [-0.1, -0.05) is 146 Å². The summed E-state index contributed by atoms with van der Waals surface area (Å²) in [5.41, 5.74) is 16.3. The van der Waals surface area contributed by atoms with E-state index in [1.165, 1.54) is 117 Å². The molecule has 0 aliphatic carbocycles. The largest absolute Gasteiger partial charge is 0.309 e. The molecule has 16 rings (SSSR count). The third kappa shape index (κ3) is 6.31. The van der Waals surface area contributed by atoms with Crippen molar-refractivity contribution < 1.29 is 0 Å². The van der Waals surface area contributed by atoms with Gasteiger partial charge in [-0.2, -0.15) is 0 Å².